The number of hydrogen-bond acceptors (Lipinski definition) is 4. The second-order valence-corrected chi connectivity index (χ2v) is 7.43. The van der Waals surface area contributed by atoms with Crippen LogP contribution in [0.2, 0.25) is 0 Å². The summed E-state index contributed by atoms with van der Waals surface area (Å²) in [6.45, 7) is 5.60. The molecule has 0 amide bonds. The van der Waals surface area contributed by atoms with Crippen LogP contribution in [0.3, 0.4) is 0 Å². The van der Waals surface area contributed by atoms with E-state index in [-0.39, 0.29) is 11.4 Å². The van der Waals surface area contributed by atoms with Gasteiger partial charge in [-0.2, -0.15) is 0 Å². The number of ether oxygens (including phenoxy) is 1. The molecule has 0 spiro atoms. The summed E-state index contributed by atoms with van der Waals surface area (Å²) in [5.74, 6) is 0.432. The third kappa shape index (κ3) is 5.49. The Bertz CT molecular complexity index is 532. The predicted molar refractivity (Wildman–Crippen MR) is 82.9 cm³/mol. The molecule has 0 fully saturated rings. The number of hydrogen-bond donors (Lipinski definition) is 2. The van der Waals surface area contributed by atoms with Crippen LogP contribution in [-0.4, -0.2) is 28.2 Å². The van der Waals surface area contributed by atoms with Crippen LogP contribution in [0.25, 0.3) is 0 Å². The number of sulfonamides is 1. The van der Waals surface area contributed by atoms with Gasteiger partial charge in [0.25, 0.3) is 0 Å². The smallest absolute Gasteiger partial charge is 0.241 e. The van der Waals surface area contributed by atoms with Crippen molar-refractivity contribution in [1.82, 2.24) is 4.72 Å². The summed E-state index contributed by atoms with van der Waals surface area (Å²) in [7, 11) is -3.56. The van der Waals surface area contributed by atoms with E-state index < -0.39 is 10.0 Å². The maximum atomic E-state index is 12.2. The minimum Gasteiger partial charge on any atom is -0.380 e. The Kier molecular flexibility index (Phi) is 7.11. The Hall–Kier alpha value is -0.470. The normalized spacial score (nSPS) is 12.1. The molecule has 1 aromatic carbocycles. The molecule has 114 valence electrons. The average Bonchev–Trinajstić information content (AvgIpc) is 2.38. The molecule has 0 aliphatic carbocycles. The molecule has 3 N–H and O–H groups in total. The van der Waals surface area contributed by atoms with Crippen LogP contribution in [0, 0.1) is 5.92 Å². The van der Waals surface area contributed by atoms with Gasteiger partial charge in [-0.3, -0.25) is 0 Å². The minimum atomic E-state index is -3.56. The van der Waals surface area contributed by atoms with Crippen LogP contribution in [-0.2, 0) is 21.3 Å². The van der Waals surface area contributed by atoms with E-state index in [2.05, 4.69) is 20.7 Å². The molecule has 0 radical (unpaired) electrons. The summed E-state index contributed by atoms with van der Waals surface area (Å²) in [5, 5.41) is 0. The highest BCUT2D eigenvalue weighted by atomic mass is 79.9. The summed E-state index contributed by atoms with van der Waals surface area (Å²) in [6, 6.07) is 5.04. The zero-order valence-electron chi connectivity index (χ0n) is 11.7. The molecule has 0 aliphatic heterocycles. The molecule has 0 saturated heterocycles. The molecule has 0 saturated carbocycles. The summed E-state index contributed by atoms with van der Waals surface area (Å²) in [4.78, 5) is 0.198. The molecule has 0 heterocycles. The first-order valence-corrected chi connectivity index (χ1v) is 8.70. The van der Waals surface area contributed by atoms with Gasteiger partial charge in [-0.1, -0.05) is 19.9 Å². The van der Waals surface area contributed by atoms with Crippen LogP contribution in [0.4, 0.5) is 0 Å². The van der Waals surface area contributed by atoms with Crippen LogP contribution in [0.5, 0.6) is 0 Å². The lowest BCUT2D eigenvalue weighted by Crippen LogP contribution is -2.28. The highest BCUT2D eigenvalue weighted by molar-refractivity contribution is 9.10. The lowest BCUT2D eigenvalue weighted by Gasteiger charge is -2.11. The van der Waals surface area contributed by atoms with Gasteiger partial charge in [0.1, 0.15) is 0 Å². The van der Waals surface area contributed by atoms with E-state index in [9.17, 15) is 8.42 Å². The van der Waals surface area contributed by atoms with Crippen molar-refractivity contribution < 1.29 is 13.2 Å². The van der Waals surface area contributed by atoms with Gasteiger partial charge >= 0.3 is 0 Å². The zero-order valence-corrected chi connectivity index (χ0v) is 14.1. The molecule has 0 aromatic heterocycles. The highest BCUT2D eigenvalue weighted by Crippen LogP contribution is 2.22. The number of nitrogens with one attached hydrogen (secondary N) is 1. The van der Waals surface area contributed by atoms with Crippen molar-refractivity contribution >= 4 is 26.0 Å². The monoisotopic (exact) mass is 364 g/mol. The van der Waals surface area contributed by atoms with Gasteiger partial charge in [-0.15, -0.1) is 0 Å². The molecule has 0 aliphatic rings. The molecule has 0 bridgehead atoms. The predicted octanol–water partition coefficient (Wildman–Crippen LogP) is 1.86. The van der Waals surface area contributed by atoms with Crippen LogP contribution in [0.15, 0.2) is 27.6 Å². The van der Waals surface area contributed by atoms with Gasteiger partial charge in [0.2, 0.25) is 10.0 Å². The van der Waals surface area contributed by atoms with Crippen molar-refractivity contribution in [2.24, 2.45) is 11.7 Å². The molecule has 20 heavy (non-hydrogen) atoms. The molecule has 1 aromatic rings. The molecular formula is C13H21BrN2O3S. The summed E-state index contributed by atoms with van der Waals surface area (Å²) >= 11 is 3.25. The van der Waals surface area contributed by atoms with Crippen LogP contribution >= 0.6 is 15.9 Å². The van der Waals surface area contributed by atoms with Gasteiger partial charge < -0.3 is 10.5 Å². The standard InChI is InChI=1S/C13H21BrN2O3S/c1-10(2)9-19-6-5-16-20(17,18)13-7-11(8-15)3-4-12(13)14/h3-4,7,10,16H,5-6,8-9,15H2,1-2H3. The first kappa shape index (κ1) is 17.6. The van der Waals surface area contributed by atoms with Gasteiger partial charge in [-0.25, -0.2) is 13.1 Å². The quantitative estimate of drug-likeness (QED) is 0.689. The van der Waals surface area contributed by atoms with E-state index in [1.807, 2.05) is 13.8 Å². The largest absolute Gasteiger partial charge is 0.380 e. The second kappa shape index (κ2) is 8.09. The van der Waals surface area contributed by atoms with Gasteiger partial charge in [0, 0.05) is 24.2 Å². The fourth-order valence-electron chi connectivity index (χ4n) is 1.53. The second-order valence-electron chi connectivity index (χ2n) is 4.84. The van der Waals surface area contributed by atoms with E-state index in [1.165, 1.54) is 0 Å². The number of nitrogens with two attached hydrogens (primary N) is 1. The fraction of sp³-hybridized carbons (Fsp3) is 0.538. The first-order chi connectivity index (χ1) is 9.36. The van der Waals surface area contributed by atoms with Crippen molar-refractivity contribution in [3.05, 3.63) is 28.2 Å². The van der Waals surface area contributed by atoms with Crippen molar-refractivity contribution in [2.45, 2.75) is 25.3 Å². The lowest BCUT2D eigenvalue weighted by molar-refractivity contribution is 0.114. The first-order valence-electron chi connectivity index (χ1n) is 6.42. The maximum Gasteiger partial charge on any atom is 0.241 e. The van der Waals surface area contributed by atoms with Crippen molar-refractivity contribution in [1.29, 1.82) is 0 Å². The maximum absolute atomic E-state index is 12.2. The molecule has 0 unspecified atom stereocenters. The van der Waals surface area contributed by atoms with Gasteiger partial charge in [-0.05, 0) is 39.5 Å². The zero-order chi connectivity index (χ0) is 15.2. The Morgan fingerprint density at radius 1 is 1.40 bits per heavy atom. The Labute approximate surface area is 129 Å². The van der Waals surface area contributed by atoms with Crippen molar-refractivity contribution in [3.8, 4) is 0 Å². The van der Waals surface area contributed by atoms with E-state index in [4.69, 9.17) is 10.5 Å². The molecule has 5 nitrogen and oxygen atoms in total. The van der Waals surface area contributed by atoms with Crippen LogP contribution in [0.1, 0.15) is 19.4 Å². The van der Waals surface area contributed by atoms with E-state index in [0.717, 1.165) is 5.56 Å². The van der Waals surface area contributed by atoms with E-state index in [1.54, 1.807) is 18.2 Å². The van der Waals surface area contributed by atoms with Crippen molar-refractivity contribution in [2.75, 3.05) is 19.8 Å². The summed E-state index contributed by atoms with van der Waals surface area (Å²) in [6.07, 6.45) is 0. The Morgan fingerprint density at radius 3 is 2.70 bits per heavy atom. The van der Waals surface area contributed by atoms with Crippen LogP contribution < -0.4 is 10.5 Å². The van der Waals surface area contributed by atoms with E-state index in [0.29, 0.717) is 30.1 Å². The number of rotatable bonds is 8. The third-order valence-corrected chi connectivity index (χ3v) is 4.97. The molecule has 7 heteroatoms. The minimum absolute atomic E-state index is 0.198. The number of benzene rings is 1. The lowest BCUT2D eigenvalue weighted by atomic mass is 10.2. The SMILES string of the molecule is CC(C)COCCNS(=O)(=O)c1cc(CN)ccc1Br. The number of halogens is 1. The van der Waals surface area contributed by atoms with Gasteiger partial charge in [0.05, 0.1) is 11.5 Å². The fourth-order valence-corrected chi connectivity index (χ4v) is 3.55. The molecular weight excluding hydrogens is 344 g/mol. The topological polar surface area (TPSA) is 81.4 Å². The molecule has 1 rings (SSSR count). The average molecular weight is 365 g/mol. The Balaban J connectivity index is 2.64. The van der Waals surface area contributed by atoms with E-state index >= 15 is 0 Å². The summed E-state index contributed by atoms with van der Waals surface area (Å²) < 4.78 is 32.7. The third-order valence-electron chi connectivity index (χ3n) is 2.51. The summed E-state index contributed by atoms with van der Waals surface area (Å²) in [5.41, 5.74) is 6.30. The Morgan fingerprint density at radius 2 is 2.10 bits per heavy atom. The van der Waals surface area contributed by atoms with Crippen molar-refractivity contribution in [3.63, 3.8) is 0 Å². The highest BCUT2D eigenvalue weighted by Gasteiger charge is 2.17. The molecule has 0 atom stereocenters. The van der Waals surface area contributed by atoms with Gasteiger partial charge in [0.15, 0.2) is 0 Å².